The van der Waals surface area contributed by atoms with Gasteiger partial charge in [-0.15, -0.1) is 22.9 Å². The molecular formula is C41H39N7O5S2. The molecule has 14 heteroatoms. The van der Waals surface area contributed by atoms with E-state index in [2.05, 4.69) is 48.6 Å². The Balaban J connectivity index is 1.23. The van der Waals surface area contributed by atoms with Crippen LogP contribution in [0.1, 0.15) is 35.6 Å². The molecule has 0 aromatic heterocycles. The van der Waals surface area contributed by atoms with Gasteiger partial charge in [0, 0.05) is 27.7 Å². The van der Waals surface area contributed by atoms with E-state index < -0.39 is 10.1 Å². The van der Waals surface area contributed by atoms with Crippen LogP contribution in [0.2, 0.25) is 0 Å². The Labute approximate surface area is 324 Å². The maximum absolute atomic E-state index is 11.5. The van der Waals surface area contributed by atoms with Gasteiger partial charge in [-0.1, -0.05) is 25.1 Å². The summed E-state index contributed by atoms with van der Waals surface area (Å²) in [6.45, 7) is 9.79. The van der Waals surface area contributed by atoms with Crippen molar-refractivity contribution in [1.82, 2.24) is 0 Å². The van der Waals surface area contributed by atoms with Gasteiger partial charge in [-0.05, 0) is 135 Å². The highest BCUT2D eigenvalue weighted by atomic mass is 32.2. The zero-order chi connectivity index (χ0) is 39.3. The van der Waals surface area contributed by atoms with Crippen molar-refractivity contribution in [2.75, 3.05) is 11.9 Å². The number of rotatable bonds is 12. The highest BCUT2D eigenvalue weighted by Gasteiger charge is 2.15. The lowest BCUT2D eigenvalue weighted by molar-refractivity contribution is 0.318. The molecule has 0 aliphatic heterocycles. The van der Waals surface area contributed by atoms with Crippen molar-refractivity contribution < 1.29 is 22.8 Å². The Morgan fingerprint density at radius 3 is 1.87 bits per heavy atom. The van der Waals surface area contributed by atoms with Crippen LogP contribution >= 0.6 is 12.6 Å². The van der Waals surface area contributed by atoms with Gasteiger partial charge in [-0.2, -0.15) is 28.9 Å². The van der Waals surface area contributed by atoms with Gasteiger partial charge < -0.3 is 15.2 Å². The second-order valence-corrected chi connectivity index (χ2v) is 14.8. The Morgan fingerprint density at radius 1 is 0.655 bits per heavy atom. The molecule has 0 spiro atoms. The van der Waals surface area contributed by atoms with Crippen molar-refractivity contribution in [3.63, 3.8) is 0 Å². The van der Waals surface area contributed by atoms with Crippen molar-refractivity contribution in [1.29, 1.82) is 0 Å². The number of azo groups is 3. The zero-order valence-electron chi connectivity index (χ0n) is 30.8. The van der Waals surface area contributed by atoms with E-state index in [1.54, 1.807) is 13.0 Å². The first-order chi connectivity index (χ1) is 26.3. The average Bonchev–Trinajstić information content (AvgIpc) is 3.14. The number of para-hydroxylation sites is 1. The number of anilines is 2. The van der Waals surface area contributed by atoms with Gasteiger partial charge in [-0.3, -0.25) is 4.55 Å². The van der Waals surface area contributed by atoms with Crippen LogP contribution in [0, 0.1) is 27.7 Å². The first kappa shape index (κ1) is 38.8. The van der Waals surface area contributed by atoms with E-state index >= 15 is 0 Å². The van der Waals surface area contributed by atoms with Crippen molar-refractivity contribution >= 4 is 79.0 Å². The molecule has 3 N–H and O–H groups in total. The molecule has 6 rings (SSSR count). The number of phenolic OH excluding ortho intramolecular Hbond substituents is 1. The predicted molar refractivity (Wildman–Crippen MR) is 219 cm³/mol. The van der Waals surface area contributed by atoms with Crippen LogP contribution in [0.4, 0.5) is 45.5 Å². The normalized spacial score (nSPS) is 12.1. The average molecular weight is 774 g/mol. The van der Waals surface area contributed by atoms with E-state index in [-0.39, 0.29) is 16.3 Å². The van der Waals surface area contributed by atoms with Gasteiger partial charge in [-0.25, -0.2) is 0 Å². The number of phenols is 1. The summed E-state index contributed by atoms with van der Waals surface area (Å²) in [5.41, 5.74) is 7.75. The van der Waals surface area contributed by atoms with E-state index in [1.807, 2.05) is 100 Å². The monoisotopic (exact) mass is 773 g/mol. The van der Waals surface area contributed by atoms with Gasteiger partial charge in [0.2, 0.25) is 0 Å². The number of ether oxygens (including phenoxy) is 1. The second-order valence-electron chi connectivity index (χ2n) is 12.9. The Morgan fingerprint density at radius 2 is 1.24 bits per heavy atom. The quantitative estimate of drug-likeness (QED) is 0.0548. The van der Waals surface area contributed by atoms with Crippen molar-refractivity contribution in [2.24, 2.45) is 30.7 Å². The first-order valence-electron chi connectivity index (χ1n) is 17.3. The van der Waals surface area contributed by atoms with Crippen LogP contribution in [0.25, 0.3) is 10.8 Å². The van der Waals surface area contributed by atoms with Crippen molar-refractivity contribution in [2.45, 2.75) is 50.8 Å². The lowest BCUT2D eigenvalue weighted by Crippen LogP contribution is -1.97. The molecule has 280 valence electrons. The molecule has 0 saturated heterocycles. The Bertz CT molecular complexity index is 2610. The van der Waals surface area contributed by atoms with Crippen molar-refractivity contribution in [3.05, 3.63) is 119 Å². The van der Waals surface area contributed by atoms with Gasteiger partial charge >= 0.3 is 0 Å². The molecule has 0 unspecified atom stereocenters. The van der Waals surface area contributed by atoms with E-state index in [1.165, 1.54) is 18.2 Å². The Hall–Kier alpha value is -5.96. The summed E-state index contributed by atoms with van der Waals surface area (Å²) in [5, 5.41) is 42.7. The fourth-order valence-electron chi connectivity index (χ4n) is 5.62. The second kappa shape index (κ2) is 16.6. The lowest BCUT2D eigenvalue weighted by atomic mass is 10.1. The van der Waals surface area contributed by atoms with Crippen LogP contribution in [0.15, 0.2) is 138 Å². The molecule has 0 aliphatic carbocycles. The molecule has 0 heterocycles. The third-order valence-electron chi connectivity index (χ3n) is 8.64. The number of hydrogen-bond donors (Lipinski definition) is 4. The molecule has 0 fully saturated rings. The minimum Gasteiger partial charge on any atom is -0.505 e. The van der Waals surface area contributed by atoms with Gasteiger partial charge in [0.15, 0.2) is 5.75 Å². The highest BCUT2D eigenvalue weighted by Crippen LogP contribution is 2.43. The number of fused-ring (bicyclic) bond motifs is 1. The van der Waals surface area contributed by atoms with Gasteiger partial charge in [0.05, 0.1) is 34.3 Å². The van der Waals surface area contributed by atoms with Crippen LogP contribution in [-0.2, 0) is 10.1 Å². The maximum Gasteiger partial charge on any atom is 0.294 e. The number of hydrogen-bond acceptors (Lipinski definition) is 12. The highest BCUT2D eigenvalue weighted by molar-refractivity contribution is 7.85. The predicted octanol–water partition coefficient (Wildman–Crippen LogP) is 13.1. The van der Waals surface area contributed by atoms with E-state index in [9.17, 15) is 18.1 Å². The van der Waals surface area contributed by atoms with E-state index in [4.69, 9.17) is 4.74 Å². The fourth-order valence-corrected chi connectivity index (χ4v) is 6.48. The molecule has 0 saturated carbocycles. The number of aryl methyl sites for hydroxylation is 4. The Kier molecular flexibility index (Phi) is 11.7. The standard InChI is InChI=1S/C41H39N7O5S2/c1-6-16-53-38-23-36(45-43-33-15-13-31(17-24(33)2)55(50,51)52)27(5)20-37(38)47-44-34-18-26(4)35(19-25(34)3)46-48-40-39(54)22-28-21-30(12-14-32(28)41(40)49)42-29-10-8-7-9-11-29/h7-15,17-23,42,49,54H,6,16H2,1-5H3,(H,50,51,52). The number of aromatic hydroxyl groups is 1. The number of nitrogens with one attached hydrogen (secondary N) is 1. The van der Waals surface area contributed by atoms with Crippen LogP contribution < -0.4 is 10.1 Å². The molecule has 0 amide bonds. The summed E-state index contributed by atoms with van der Waals surface area (Å²) in [6.07, 6.45) is 0.772. The molecular weight excluding hydrogens is 735 g/mol. The molecule has 6 aromatic rings. The third-order valence-corrected chi connectivity index (χ3v) is 9.83. The lowest BCUT2D eigenvalue weighted by Gasteiger charge is -2.11. The largest absolute Gasteiger partial charge is 0.505 e. The SMILES string of the molecule is CCCOc1cc(N=Nc2ccc(S(=O)(=O)O)cc2C)c(C)cc1N=Nc1cc(C)c(N=Nc2c(S)cc3cc(Nc4ccccc4)ccc3c2O)cc1C. The molecule has 12 nitrogen and oxygen atoms in total. The number of nitrogens with zero attached hydrogens (tertiary/aromatic N) is 6. The van der Waals surface area contributed by atoms with Crippen molar-refractivity contribution in [3.8, 4) is 11.5 Å². The number of thiol groups is 1. The van der Waals surface area contributed by atoms with Crippen LogP contribution in [0.3, 0.4) is 0 Å². The summed E-state index contributed by atoms with van der Waals surface area (Å²) in [5.74, 6) is 0.468. The van der Waals surface area contributed by atoms with Crippen LogP contribution in [-0.4, -0.2) is 24.7 Å². The maximum atomic E-state index is 11.5. The molecule has 0 atom stereocenters. The van der Waals surface area contributed by atoms with E-state index in [0.717, 1.165) is 39.9 Å². The summed E-state index contributed by atoms with van der Waals surface area (Å²) >= 11 is 4.63. The minimum atomic E-state index is -4.33. The summed E-state index contributed by atoms with van der Waals surface area (Å²) in [6, 6.07) is 28.8. The molecule has 0 radical (unpaired) electrons. The molecule has 0 bridgehead atoms. The minimum absolute atomic E-state index is 0.00867. The summed E-state index contributed by atoms with van der Waals surface area (Å²) in [7, 11) is -4.33. The van der Waals surface area contributed by atoms with E-state index in [0.29, 0.717) is 56.6 Å². The third kappa shape index (κ3) is 9.23. The number of benzene rings is 6. The first-order valence-corrected chi connectivity index (χ1v) is 19.2. The zero-order valence-corrected chi connectivity index (χ0v) is 32.5. The topological polar surface area (TPSA) is 170 Å². The summed E-state index contributed by atoms with van der Waals surface area (Å²) < 4.78 is 38.3. The van der Waals surface area contributed by atoms with Crippen LogP contribution in [0.5, 0.6) is 11.5 Å². The van der Waals surface area contributed by atoms with Gasteiger partial charge in [0.1, 0.15) is 17.1 Å². The smallest absolute Gasteiger partial charge is 0.294 e. The fraction of sp³-hybridized carbons (Fsp3) is 0.171. The molecule has 55 heavy (non-hydrogen) atoms. The van der Waals surface area contributed by atoms with Gasteiger partial charge in [0.25, 0.3) is 10.1 Å². The summed E-state index contributed by atoms with van der Waals surface area (Å²) in [4.78, 5) is 0.272. The molecule has 0 aliphatic rings. The molecule has 6 aromatic carbocycles.